The summed E-state index contributed by atoms with van der Waals surface area (Å²) in [6, 6.07) is 6.61. The number of ether oxygens (including phenoxy) is 1. The summed E-state index contributed by atoms with van der Waals surface area (Å²) in [5, 5.41) is 4.50. The van der Waals surface area contributed by atoms with Gasteiger partial charge in [-0.2, -0.15) is 5.10 Å². The molecule has 24 heavy (non-hydrogen) atoms. The number of likely N-dealkylation sites (N-methyl/N-ethyl adjacent to an activating group) is 1. The molecular weight excluding hydrogens is 320 g/mol. The van der Waals surface area contributed by atoms with Gasteiger partial charge in [-0.15, -0.1) is 11.3 Å². The number of aromatic nitrogens is 2. The molecule has 0 saturated heterocycles. The lowest BCUT2D eigenvalue weighted by Gasteiger charge is -2.23. The molecule has 0 saturated carbocycles. The van der Waals surface area contributed by atoms with E-state index >= 15 is 0 Å². The van der Waals surface area contributed by atoms with Gasteiger partial charge in [-0.3, -0.25) is 9.58 Å². The first kappa shape index (κ1) is 17.6. The van der Waals surface area contributed by atoms with Crippen molar-refractivity contribution < 1.29 is 4.74 Å². The third-order valence-corrected chi connectivity index (χ3v) is 5.33. The number of nitrogens with zero attached hydrogens (tertiary/aromatic N) is 4. The van der Waals surface area contributed by atoms with Crippen LogP contribution in [0.3, 0.4) is 0 Å². The van der Waals surface area contributed by atoms with Gasteiger partial charge in [-0.05, 0) is 39.2 Å². The van der Waals surface area contributed by atoms with E-state index in [2.05, 4.69) is 58.8 Å². The predicted molar refractivity (Wildman–Crippen MR) is 98.3 cm³/mol. The fourth-order valence-corrected chi connectivity index (χ4v) is 4.07. The smallest absolute Gasteiger partial charge is 0.0593 e. The highest BCUT2D eigenvalue weighted by Gasteiger charge is 2.23. The lowest BCUT2D eigenvalue weighted by Crippen LogP contribution is -2.30. The van der Waals surface area contributed by atoms with Crippen molar-refractivity contribution in [3.8, 4) is 0 Å². The van der Waals surface area contributed by atoms with Crippen molar-refractivity contribution in [2.24, 2.45) is 5.92 Å². The topological polar surface area (TPSA) is 33.5 Å². The Balaban J connectivity index is 1.61. The van der Waals surface area contributed by atoms with Crippen LogP contribution in [0.15, 0.2) is 24.4 Å². The largest absolute Gasteiger partial charge is 0.380 e. The van der Waals surface area contributed by atoms with Crippen molar-refractivity contribution in [3.05, 3.63) is 39.8 Å². The number of fused-ring (bicyclic) bond motifs is 1. The summed E-state index contributed by atoms with van der Waals surface area (Å²) in [7, 11) is 4.16. The van der Waals surface area contributed by atoms with E-state index in [1.807, 2.05) is 17.5 Å². The highest BCUT2D eigenvalue weighted by molar-refractivity contribution is 7.11. The summed E-state index contributed by atoms with van der Waals surface area (Å²) in [5.74, 6) is 0.481. The Hall–Kier alpha value is -1.21. The monoisotopic (exact) mass is 348 g/mol. The van der Waals surface area contributed by atoms with Gasteiger partial charge in [0.2, 0.25) is 0 Å². The van der Waals surface area contributed by atoms with Crippen LogP contribution >= 0.6 is 11.3 Å². The van der Waals surface area contributed by atoms with E-state index in [9.17, 15) is 0 Å². The number of hydrogen-bond acceptors (Lipinski definition) is 5. The predicted octanol–water partition coefficient (Wildman–Crippen LogP) is 2.46. The fourth-order valence-electron chi connectivity index (χ4n) is 3.13. The molecule has 1 aliphatic heterocycles. The second kappa shape index (κ2) is 8.25. The molecule has 2 aromatic rings. The summed E-state index contributed by atoms with van der Waals surface area (Å²) in [4.78, 5) is 7.51. The summed E-state index contributed by atoms with van der Waals surface area (Å²) < 4.78 is 8.08. The van der Waals surface area contributed by atoms with E-state index in [0.717, 1.165) is 45.9 Å². The molecule has 3 rings (SSSR count). The number of hydrogen-bond donors (Lipinski definition) is 0. The highest BCUT2D eigenvalue weighted by atomic mass is 32.1. The standard InChI is InChI=1S/C18H28N4OS/c1-15-4-5-18(24-15)13-21-10-16(14-23-9-8-20(2)3)11-22-17(12-21)6-7-19-22/h4-7,16H,8-14H2,1-3H3/t16-/m1/s1. The van der Waals surface area contributed by atoms with Crippen molar-refractivity contribution in [1.29, 1.82) is 0 Å². The van der Waals surface area contributed by atoms with Gasteiger partial charge in [-0.25, -0.2) is 0 Å². The molecule has 5 nitrogen and oxygen atoms in total. The van der Waals surface area contributed by atoms with E-state index in [1.54, 1.807) is 0 Å². The average molecular weight is 349 g/mol. The lowest BCUT2D eigenvalue weighted by molar-refractivity contribution is 0.0674. The summed E-state index contributed by atoms with van der Waals surface area (Å²) in [5.41, 5.74) is 1.30. The number of aryl methyl sites for hydroxylation is 1. The van der Waals surface area contributed by atoms with Crippen LogP contribution in [0.2, 0.25) is 0 Å². The van der Waals surface area contributed by atoms with Gasteiger partial charge in [0.25, 0.3) is 0 Å². The van der Waals surface area contributed by atoms with Crippen LogP contribution in [0.4, 0.5) is 0 Å². The second-order valence-corrected chi connectivity index (χ2v) is 8.30. The normalized spacial score (nSPS) is 18.8. The minimum atomic E-state index is 0.481. The van der Waals surface area contributed by atoms with E-state index in [4.69, 9.17) is 4.74 Å². The minimum Gasteiger partial charge on any atom is -0.380 e. The first-order valence-corrected chi connectivity index (χ1v) is 9.42. The van der Waals surface area contributed by atoms with Gasteiger partial charge < -0.3 is 9.64 Å². The zero-order valence-corrected chi connectivity index (χ0v) is 15.8. The van der Waals surface area contributed by atoms with Crippen LogP contribution in [0, 0.1) is 12.8 Å². The van der Waals surface area contributed by atoms with Crippen molar-refractivity contribution in [1.82, 2.24) is 19.6 Å². The molecule has 0 radical (unpaired) electrons. The van der Waals surface area contributed by atoms with Crippen molar-refractivity contribution >= 4 is 11.3 Å². The molecule has 0 spiro atoms. The summed E-state index contributed by atoms with van der Waals surface area (Å²) >= 11 is 1.90. The zero-order chi connectivity index (χ0) is 16.9. The third-order valence-electron chi connectivity index (χ3n) is 4.35. The molecule has 0 aliphatic carbocycles. The van der Waals surface area contributed by atoms with Crippen molar-refractivity contribution in [2.45, 2.75) is 26.6 Å². The number of thiophene rings is 1. The fraction of sp³-hybridized carbons (Fsp3) is 0.611. The molecule has 1 atom stereocenters. The Morgan fingerprint density at radius 3 is 2.92 bits per heavy atom. The number of rotatable bonds is 7. The molecule has 1 aliphatic rings. The second-order valence-electron chi connectivity index (χ2n) is 6.93. The first-order chi connectivity index (χ1) is 11.6. The summed E-state index contributed by atoms with van der Waals surface area (Å²) in [6.45, 7) is 8.72. The van der Waals surface area contributed by atoms with Crippen LogP contribution in [-0.4, -0.2) is 60.0 Å². The molecule has 2 aromatic heterocycles. The SMILES string of the molecule is Cc1ccc(CN2Cc3ccnn3C[C@H](COCCN(C)C)C2)s1. The van der Waals surface area contributed by atoms with E-state index in [0.29, 0.717) is 5.92 Å². The maximum atomic E-state index is 5.93. The Kier molecular flexibility index (Phi) is 6.05. The van der Waals surface area contributed by atoms with E-state index in [-0.39, 0.29) is 0 Å². The average Bonchev–Trinajstić information content (AvgIpc) is 3.09. The maximum absolute atomic E-state index is 5.93. The van der Waals surface area contributed by atoms with Crippen molar-refractivity contribution in [3.63, 3.8) is 0 Å². The Morgan fingerprint density at radius 1 is 1.29 bits per heavy atom. The molecule has 132 valence electrons. The van der Waals surface area contributed by atoms with Gasteiger partial charge in [0.15, 0.2) is 0 Å². The Labute approximate surface area is 148 Å². The van der Waals surface area contributed by atoms with Crippen LogP contribution < -0.4 is 0 Å². The van der Waals surface area contributed by atoms with E-state index < -0.39 is 0 Å². The molecule has 0 bridgehead atoms. The van der Waals surface area contributed by atoms with E-state index in [1.165, 1.54) is 15.4 Å². The molecule has 0 unspecified atom stereocenters. The van der Waals surface area contributed by atoms with Gasteiger partial charge in [-0.1, -0.05) is 0 Å². The minimum absolute atomic E-state index is 0.481. The lowest BCUT2D eigenvalue weighted by atomic mass is 10.1. The van der Waals surface area contributed by atoms with Gasteiger partial charge in [0.05, 0.1) is 18.9 Å². The molecule has 0 N–H and O–H groups in total. The zero-order valence-electron chi connectivity index (χ0n) is 14.9. The quantitative estimate of drug-likeness (QED) is 0.720. The highest BCUT2D eigenvalue weighted by Crippen LogP contribution is 2.22. The van der Waals surface area contributed by atoms with Crippen molar-refractivity contribution in [2.75, 3.05) is 40.4 Å². The van der Waals surface area contributed by atoms with Crippen LogP contribution in [0.5, 0.6) is 0 Å². The molecule has 0 amide bonds. The molecule has 3 heterocycles. The van der Waals surface area contributed by atoms with Gasteiger partial charge in [0, 0.05) is 54.6 Å². The van der Waals surface area contributed by atoms with Crippen LogP contribution in [-0.2, 0) is 24.4 Å². The van der Waals surface area contributed by atoms with Crippen LogP contribution in [0.25, 0.3) is 0 Å². The molecule has 0 fully saturated rings. The van der Waals surface area contributed by atoms with Crippen LogP contribution in [0.1, 0.15) is 15.4 Å². The Bertz CT molecular complexity index is 637. The third kappa shape index (κ3) is 4.89. The van der Waals surface area contributed by atoms with Gasteiger partial charge >= 0.3 is 0 Å². The Morgan fingerprint density at radius 2 is 2.17 bits per heavy atom. The molecule has 0 aromatic carbocycles. The first-order valence-electron chi connectivity index (χ1n) is 8.61. The molecule has 6 heteroatoms. The van der Waals surface area contributed by atoms with Gasteiger partial charge in [0.1, 0.15) is 0 Å². The molecular formula is C18H28N4OS. The maximum Gasteiger partial charge on any atom is 0.0593 e. The summed E-state index contributed by atoms with van der Waals surface area (Å²) in [6.07, 6.45) is 1.91.